The molecule has 1 unspecified atom stereocenters. The van der Waals surface area contributed by atoms with Crippen molar-refractivity contribution in [3.63, 3.8) is 0 Å². The lowest BCUT2D eigenvalue weighted by Gasteiger charge is -2.19. The minimum absolute atomic E-state index is 0.124. The zero-order valence-corrected chi connectivity index (χ0v) is 12.3. The number of nitrogens with one attached hydrogen (secondary N) is 1. The summed E-state index contributed by atoms with van der Waals surface area (Å²) in [5.41, 5.74) is 2.83. The number of aromatic nitrogens is 2. The van der Waals surface area contributed by atoms with Gasteiger partial charge in [0.25, 0.3) is 0 Å². The zero-order valence-electron chi connectivity index (χ0n) is 12.3. The first kappa shape index (κ1) is 14.1. The fraction of sp³-hybridized carbons (Fsp3) is 0.176. The van der Waals surface area contributed by atoms with Crippen molar-refractivity contribution in [3.8, 4) is 5.75 Å². The van der Waals surface area contributed by atoms with Gasteiger partial charge in [-0.3, -0.25) is 4.98 Å². The van der Waals surface area contributed by atoms with Crippen LogP contribution in [0.2, 0.25) is 0 Å². The average Bonchev–Trinajstić information content (AvgIpc) is 3.08. The second kappa shape index (κ2) is 6.76. The molecule has 2 aromatic heterocycles. The van der Waals surface area contributed by atoms with Crippen LogP contribution < -0.4 is 10.1 Å². The van der Waals surface area contributed by atoms with Crippen molar-refractivity contribution in [1.82, 2.24) is 9.97 Å². The molecule has 0 aliphatic rings. The molecule has 0 saturated heterocycles. The van der Waals surface area contributed by atoms with Crippen molar-refractivity contribution in [2.24, 2.45) is 0 Å². The van der Waals surface area contributed by atoms with Crippen LogP contribution >= 0.6 is 0 Å². The minimum atomic E-state index is -0.124. The Balaban J connectivity index is 1.93. The van der Waals surface area contributed by atoms with Gasteiger partial charge in [-0.05, 0) is 36.8 Å². The predicted octanol–water partition coefficient (Wildman–Crippen LogP) is 3.67. The second-order valence-electron chi connectivity index (χ2n) is 4.73. The second-order valence-corrected chi connectivity index (χ2v) is 4.73. The van der Waals surface area contributed by atoms with Crippen LogP contribution in [0.4, 0.5) is 5.69 Å². The number of hydrogen-bond acceptors (Lipinski definition) is 5. The van der Waals surface area contributed by atoms with E-state index in [0.717, 1.165) is 22.7 Å². The Morgan fingerprint density at radius 2 is 2.09 bits per heavy atom. The van der Waals surface area contributed by atoms with E-state index in [1.807, 2.05) is 43.3 Å². The molecular weight excluding hydrogens is 278 g/mol. The quantitative estimate of drug-likeness (QED) is 0.752. The Kier molecular flexibility index (Phi) is 4.34. The molecule has 5 nitrogen and oxygen atoms in total. The van der Waals surface area contributed by atoms with Crippen molar-refractivity contribution < 1.29 is 9.15 Å². The first-order valence-electron chi connectivity index (χ1n) is 7.14. The van der Waals surface area contributed by atoms with E-state index in [9.17, 15) is 0 Å². The number of ether oxygens (including phenoxy) is 1. The topological polar surface area (TPSA) is 60.2 Å². The highest BCUT2D eigenvalue weighted by Crippen LogP contribution is 2.27. The molecular formula is C17H17N3O2. The lowest BCUT2D eigenvalue weighted by Crippen LogP contribution is -2.13. The molecule has 0 radical (unpaired) electrons. The summed E-state index contributed by atoms with van der Waals surface area (Å²) in [6.07, 6.45) is 6.58. The van der Waals surface area contributed by atoms with Gasteiger partial charge in [0.1, 0.15) is 17.7 Å². The van der Waals surface area contributed by atoms with E-state index in [1.54, 1.807) is 18.7 Å². The SMILES string of the molecule is CCOc1cccc(C(Nc2ccncc2)c2cocn2)c1. The molecule has 3 rings (SSSR count). The summed E-state index contributed by atoms with van der Waals surface area (Å²) in [4.78, 5) is 8.31. The molecule has 0 amide bonds. The van der Waals surface area contributed by atoms with Gasteiger partial charge in [0.05, 0.1) is 12.6 Å². The van der Waals surface area contributed by atoms with E-state index in [2.05, 4.69) is 15.3 Å². The summed E-state index contributed by atoms with van der Waals surface area (Å²) < 4.78 is 10.7. The molecule has 0 aliphatic carbocycles. The van der Waals surface area contributed by atoms with Gasteiger partial charge in [-0.2, -0.15) is 0 Å². The van der Waals surface area contributed by atoms with Crippen LogP contribution in [0.1, 0.15) is 24.2 Å². The number of anilines is 1. The van der Waals surface area contributed by atoms with E-state index in [1.165, 1.54) is 6.39 Å². The third-order valence-corrected chi connectivity index (χ3v) is 3.24. The third kappa shape index (κ3) is 3.25. The standard InChI is InChI=1S/C17H17N3O2/c1-2-22-15-5-3-4-13(10-15)17(16-11-21-12-19-16)20-14-6-8-18-9-7-14/h3-12,17H,2H2,1H3,(H,18,20). The fourth-order valence-electron chi connectivity index (χ4n) is 2.26. The maximum atomic E-state index is 5.58. The molecule has 112 valence electrons. The summed E-state index contributed by atoms with van der Waals surface area (Å²) >= 11 is 0. The minimum Gasteiger partial charge on any atom is -0.494 e. The molecule has 1 aromatic carbocycles. The van der Waals surface area contributed by atoms with Crippen LogP contribution in [0.25, 0.3) is 0 Å². The smallest absolute Gasteiger partial charge is 0.180 e. The normalized spacial score (nSPS) is 11.9. The number of hydrogen-bond donors (Lipinski definition) is 1. The van der Waals surface area contributed by atoms with Crippen LogP contribution in [0.15, 0.2) is 65.9 Å². The fourth-order valence-corrected chi connectivity index (χ4v) is 2.26. The van der Waals surface area contributed by atoms with Gasteiger partial charge in [0.2, 0.25) is 0 Å². The Morgan fingerprint density at radius 1 is 1.23 bits per heavy atom. The van der Waals surface area contributed by atoms with E-state index < -0.39 is 0 Å². The number of rotatable bonds is 6. The van der Waals surface area contributed by atoms with Gasteiger partial charge < -0.3 is 14.5 Å². The molecule has 5 heteroatoms. The number of pyridine rings is 1. The molecule has 22 heavy (non-hydrogen) atoms. The highest BCUT2D eigenvalue weighted by atomic mass is 16.5. The van der Waals surface area contributed by atoms with Crippen molar-refractivity contribution in [3.05, 3.63) is 72.7 Å². The molecule has 1 N–H and O–H groups in total. The van der Waals surface area contributed by atoms with Gasteiger partial charge in [-0.25, -0.2) is 4.98 Å². The molecule has 0 aliphatic heterocycles. The number of oxazole rings is 1. The highest BCUT2D eigenvalue weighted by Gasteiger charge is 2.17. The predicted molar refractivity (Wildman–Crippen MR) is 83.8 cm³/mol. The van der Waals surface area contributed by atoms with E-state index in [0.29, 0.717) is 6.61 Å². The number of nitrogens with zero attached hydrogens (tertiary/aromatic N) is 2. The van der Waals surface area contributed by atoms with Crippen LogP contribution in [0.3, 0.4) is 0 Å². The highest BCUT2D eigenvalue weighted by molar-refractivity contribution is 5.47. The molecule has 2 heterocycles. The van der Waals surface area contributed by atoms with Gasteiger partial charge in [0, 0.05) is 18.1 Å². The van der Waals surface area contributed by atoms with Crippen LogP contribution in [-0.2, 0) is 0 Å². The van der Waals surface area contributed by atoms with Crippen molar-refractivity contribution >= 4 is 5.69 Å². The Bertz CT molecular complexity index is 699. The van der Waals surface area contributed by atoms with Gasteiger partial charge in [-0.1, -0.05) is 12.1 Å². The van der Waals surface area contributed by atoms with Gasteiger partial charge in [0.15, 0.2) is 6.39 Å². The maximum absolute atomic E-state index is 5.58. The zero-order chi connectivity index (χ0) is 15.2. The van der Waals surface area contributed by atoms with Crippen LogP contribution in [-0.4, -0.2) is 16.6 Å². The lowest BCUT2D eigenvalue weighted by molar-refractivity contribution is 0.340. The first-order valence-corrected chi connectivity index (χ1v) is 7.14. The summed E-state index contributed by atoms with van der Waals surface area (Å²) in [6.45, 7) is 2.60. The summed E-state index contributed by atoms with van der Waals surface area (Å²) in [5, 5.41) is 3.45. The first-order chi connectivity index (χ1) is 10.9. The van der Waals surface area contributed by atoms with E-state index >= 15 is 0 Å². The van der Waals surface area contributed by atoms with Crippen molar-refractivity contribution in [2.45, 2.75) is 13.0 Å². The molecule has 3 aromatic rings. The summed E-state index contributed by atoms with van der Waals surface area (Å²) in [7, 11) is 0. The monoisotopic (exact) mass is 295 g/mol. The van der Waals surface area contributed by atoms with Crippen LogP contribution in [0, 0.1) is 0 Å². The summed E-state index contributed by atoms with van der Waals surface area (Å²) in [5.74, 6) is 0.838. The molecule has 1 atom stereocenters. The third-order valence-electron chi connectivity index (χ3n) is 3.24. The Hall–Kier alpha value is -2.82. The Morgan fingerprint density at radius 3 is 2.82 bits per heavy atom. The molecule has 0 fully saturated rings. The van der Waals surface area contributed by atoms with Crippen molar-refractivity contribution in [2.75, 3.05) is 11.9 Å². The molecule has 0 bridgehead atoms. The lowest BCUT2D eigenvalue weighted by atomic mass is 10.0. The van der Waals surface area contributed by atoms with Crippen molar-refractivity contribution in [1.29, 1.82) is 0 Å². The van der Waals surface area contributed by atoms with E-state index in [4.69, 9.17) is 9.15 Å². The van der Waals surface area contributed by atoms with Gasteiger partial charge in [-0.15, -0.1) is 0 Å². The summed E-state index contributed by atoms with van der Waals surface area (Å²) in [6, 6.07) is 11.7. The van der Waals surface area contributed by atoms with E-state index in [-0.39, 0.29) is 6.04 Å². The number of benzene rings is 1. The Labute approximate surface area is 129 Å². The molecule has 0 saturated carbocycles. The molecule has 0 spiro atoms. The van der Waals surface area contributed by atoms with Crippen LogP contribution in [0.5, 0.6) is 5.75 Å². The van der Waals surface area contributed by atoms with Gasteiger partial charge >= 0.3 is 0 Å². The largest absolute Gasteiger partial charge is 0.494 e. The average molecular weight is 295 g/mol. The maximum Gasteiger partial charge on any atom is 0.180 e.